The lowest BCUT2D eigenvalue weighted by Gasteiger charge is -2.27. The largest absolute Gasteiger partial charge is 0.372 e. The van der Waals surface area contributed by atoms with Crippen molar-refractivity contribution in [2.45, 2.75) is 37.1 Å². The number of rotatable bonds is 1. The summed E-state index contributed by atoms with van der Waals surface area (Å²) in [4.78, 5) is 14.1. The third-order valence-corrected chi connectivity index (χ3v) is 4.34. The van der Waals surface area contributed by atoms with Crippen LogP contribution >= 0.6 is 11.6 Å². The molecule has 1 aromatic rings. The summed E-state index contributed by atoms with van der Waals surface area (Å²) in [6.45, 7) is 1.26. The molecule has 0 amide bonds. The van der Waals surface area contributed by atoms with Gasteiger partial charge in [0.2, 0.25) is 0 Å². The molecule has 0 aromatic heterocycles. The molecule has 1 aliphatic carbocycles. The number of ether oxygens (including phenoxy) is 3. The molecule has 2 heterocycles. The van der Waals surface area contributed by atoms with E-state index < -0.39 is 5.97 Å². The van der Waals surface area contributed by atoms with Gasteiger partial charge in [-0.1, -0.05) is 17.7 Å². The minimum atomic E-state index is -0.813. The first-order valence-corrected chi connectivity index (χ1v) is 7.48. The second kappa shape index (κ2) is 6.52. The zero-order chi connectivity index (χ0) is 15.6. The second-order valence-electron chi connectivity index (χ2n) is 5.64. The lowest BCUT2D eigenvalue weighted by Crippen LogP contribution is -2.36. The number of fused-ring (bicyclic) bond motifs is 1. The van der Waals surface area contributed by atoms with Crippen LogP contribution in [0.2, 0.25) is 5.02 Å². The number of benzene rings is 1. The van der Waals surface area contributed by atoms with E-state index in [0.29, 0.717) is 24.0 Å². The van der Waals surface area contributed by atoms with Crippen LogP contribution in [0.5, 0.6) is 0 Å². The molecule has 120 valence electrons. The predicted octanol–water partition coefficient (Wildman–Crippen LogP) is 2.65. The van der Waals surface area contributed by atoms with Crippen LogP contribution in [0.25, 0.3) is 0 Å². The standard InChI is InChI=1S/C8H12O3.C7H5ClO3/c1-2-8(4-9-5-10-8)3-7-6(1)11-7;8-6-3-1-2-5(4-6)7(9)11-10/h6-7H,1-5H2;1-4,10H. The molecule has 0 bridgehead atoms. The van der Waals surface area contributed by atoms with Gasteiger partial charge in [-0.2, -0.15) is 5.26 Å². The summed E-state index contributed by atoms with van der Waals surface area (Å²) in [5.41, 5.74) is 0.262. The fourth-order valence-corrected chi connectivity index (χ4v) is 3.04. The second-order valence-corrected chi connectivity index (χ2v) is 6.07. The Bertz CT molecular complexity index is 543. The van der Waals surface area contributed by atoms with Crippen LogP contribution in [0, 0.1) is 0 Å². The van der Waals surface area contributed by atoms with E-state index in [2.05, 4.69) is 4.89 Å². The lowest BCUT2D eigenvalue weighted by molar-refractivity contribution is -0.182. The molecule has 3 aliphatic rings. The topological polar surface area (TPSA) is 77.5 Å². The maximum absolute atomic E-state index is 10.6. The van der Waals surface area contributed by atoms with Crippen LogP contribution in [0.3, 0.4) is 0 Å². The van der Waals surface area contributed by atoms with Crippen molar-refractivity contribution in [2.75, 3.05) is 13.4 Å². The Labute approximate surface area is 132 Å². The molecule has 3 unspecified atom stereocenters. The van der Waals surface area contributed by atoms with Crippen LogP contribution in [-0.2, 0) is 19.1 Å². The molecule has 1 spiro atoms. The Morgan fingerprint density at radius 1 is 1.41 bits per heavy atom. The van der Waals surface area contributed by atoms with E-state index in [9.17, 15) is 4.79 Å². The van der Waals surface area contributed by atoms with Gasteiger partial charge in [0.1, 0.15) is 6.79 Å². The molecule has 6 nitrogen and oxygen atoms in total. The van der Waals surface area contributed by atoms with Crippen molar-refractivity contribution in [3.8, 4) is 0 Å². The molecular formula is C15H17ClO6. The van der Waals surface area contributed by atoms with Gasteiger partial charge in [0.05, 0.1) is 30.0 Å². The van der Waals surface area contributed by atoms with Crippen LogP contribution in [0.15, 0.2) is 24.3 Å². The zero-order valence-corrected chi connectivity index (χ0v) is 12.6. The van der Waals surface area contributed by atoms with E-state index in [0.717, 1.165) is 25.9 Å². The Hall–Kier alpha value is -1.18. The van der Waals surface area contributed by atoms with Gasteiger partial charge in [-0.05, 0) is 31.0 Å². The normalized spacial score (nSPS) is 31.9. The highest BCUT2D eigenvalue weighted by Gasteiger charge is 2.52. The summed E-state index contributed by atoms with van der Waals surface area (Å²) in [6.07, 6.45) is 4.38. The molecule has 3 fully saturated rings. The Kier molecular flexibility index (Phi) is 4.65. The number of epoxide rings is 1. The zero-order valence-electron chi connectivity index (χ0n) is 11.9. The Morgan fingerprint density at radius 2 is 2.27 bits per heavy atom. The average Bonchev–Trinajstić information content (AvgIpc) is 3.16. The molecule has 2 saturated heterocycles. The predicted molar refractivity (Wildman–Crippen MR) is 76.6 cm³/mol. The number of halogens is 1. The van der Waals surface area contributed by atoms with Crippen molar-refractivity contribution in [1.29, 1.82) is 0 Å². The van der Waals surface area contributed by atoms with Crippen LogP contribution in [-0.4, -0.2) is 42.4 Å². The van der Waals surface area contributed by atoms with E-state index in [-0.39, 0.29) is 11.2 Å². The van der Waals surface area contributed by atoms with Gasteiger partial charge in [-0.15, -0.1) is 0 Å². The number of hydrogen-bond donors (Lipinski definition) is 1. The number of carbonyl (C=O) groups excluding carboxylic acids is 1. The van der Waals surface area contributed by atoms with Crippen molar-refractivity contribution in [3.05, 3.63) is 34.9 Å². The van der Waals surface area contributed by atoms with Crippen molar-refractivity contribution in [1.82, 2.24) is 0 Å². The third kappa shape index (κ3) is 3.59. The summed E-state index contributed by atoms with van der Waals surface area (Å²) >= 11 is 5.56. The van der Waals surface area contributed by atoms with Crippen molar-refractivity contribution in [2.24, 2.45) is 0 Å². The minimum absolute atomic E-state index is 0.0394. The van der Waals surface area contributed by atoms with Gasteiger partial charge in [0.25, 0.3) is 0 Å². The highest BCUT2D eigenvalue weighted by molar-refractivity contribution is 6.30. The van der Waals surface area contributed by atoms with Crippen LogP contribution < -0.4 is 0 Å². The molecule has 22 heavy (non-hydrogen) atoms. The summed E-state index contributed by atoms with van der Waals surface area (Å²) in [7, 11) is 0. The third-order valence-electron chi connectivity index (χ3n) is 4.10. The molecule has 4 rings (SSSR count). The Morgan fingerprint density at radius 3 is 2.91 bits per heavy atom. The lowest BCUT2D eigenvalue weighted by atomic mass is 9.86. The van der Waals surface area contributed by atoms with Crippen molar-refractivity contribution in [3.63, 3.8) is 0 Å². The van der Waals surface area contributed by atoms with E-state index >= 15 is 0 Å². The monoisotopic (exact) mass is 328 g/mol. The molecule has 2 aliphatic heterocycles. The smallest absolute Gasteiger partial charge is 0.369 e. The molecule has 1 aromatic carbocycles. The van der Waals surface area contributed by atoms with E-state index in [1.807, 2.05) is 0 Å². The SMILES string of the molecule is C1OCC2(CCC3OC3C2)O1.O=C(OO)c1cccc(Cl)c1. The van der Waals surface area contributed by atoms with Gasteiger partial charge in [0, 0.05) is 11.4 Å². The molecule has 1 saturated carbocycles. The van der Waals surface area contributed by atoms with Gasteiger partial charge in [0.15, 0.2) is 0 Å². The summed E-state index contributed by atoms with van der Waals surface area (Å²) in [5, 5.41) is 8.41. The Balaban J connectivity index is 0.000000131. The summed E-state index contributed by atoms with van der Waals surface area (Å²) in [5.74, 6) is -0.813. The van der Waals surface area contributed by atoms with Crippen molar-refractivity contribution < 1.29 is 29.1 Å². The summed E-state index contributed by atoms with van der Waals surface area (Å²) in [6, 6.07) is 6.11. The maximum atomic E-state index is 10.6. The maximum Gasteiger partial charge on any atom is 0.372 e. The fraction of sp³-hybridized carbons (Fsp3) is 0.533. The summed E-state index contributed by atoms with van der Waals surface area (Å²) < 4.78 is 16.2. The first kappa shape index (κ1) is 15.7. The molecule has 7 heteroatoms. The van der Waals surface area contributed by atoms with Crippen LogP contribution in [0.1, 0.15) is 29.6 Å². The van der Waals surface area contributed by atoms with E-state index in [4.69, 9.17) is 31.1 Å². The van der Waals surface area contributed by atoms with Crippen LogP contribution in [0.4, 0.5) is 0 Å². The average molecular weight is 329 g/mol. The number of carbonyl (C=O) groups is 1. The highest BCUT2D eigenvalue weighted by Crippen LogP contribution is 2.44. The fourth-order valence-electron chi connectivity index (χ4n) is 2.85. The number of hydrogen-bond acceptors (Lipinski definition) is 6. The molecule has 1 N–H and O–H groups in total. The first-order valence-electron chi connectivity index (χ1n) is 7.10. The molecule has 0 radical (unpaired) electrons. The molecular weight excluding hydrogens is 312 g/mol. The van der Waals surface area contributed by atoms with Gasteiger partial charge < -0.3 is 14.2 Å². The minimum Gasteiger partial charge on any atom is -0.369 e. The highest BCUT2D eigenvalue weighted by atomic mass is 35.5. The van der Waals surface area contributed by atoms with Gasteiger partial charge >= 0.3 is 5.97 Å². The van der Waals surface area contributed by atoms with Crippen molar-refractivity contribution >= 4 is 17.6 Å². The quantitative estimate of drug-likeness (QED) is 0.485. The van der Waals surface area contributed by atoms with E-state index in [1.165, 1.54) is 12.1 Å². The van der Waals surface area contributed by atoms with E-state index in [1.54, 1.807) is 12.1 Å². The first-order chi connectivity index (χ1) is 10.6. The molecule has 3 atom stereocenters. The van der Waals surface area contributed by atoms with Gasteiger partial charge in [-0.3, -0.25) is 4.89 Å². The van der Waals surface area contributed by atoms with Gasteiger partial charge in [-0.25, -0.2) is 4.79 Å².